The molecule has 8 nitrogen and oxygen atoms in total. The molecule has 1 saturated carbocycles. The normalized spacial score (nSPS) is 19.5. The summed E-state index contributed by atoms with van der Waals surface area (Å²) in [5.41, 5.74) is 3.77. The van der Waals surface area contributed by atoms with Gasteiger partial charge >= 0.3 is 0 Å². The SMILES string of the molecule is CC1(S(=O)(=O)NC(=O)c2ccccc2-c2ccc3c(c2)OC[C@H](Cc2coc(-c4ccccc4)n2)[C@H]3O)CC1. The molecule has 0 radical (unpaired) electrons. The molecule has 0 bridgehead atoms. The molecule has 1 amide bonds. The van der Waals surface area contributed by atoms with Crippen LogP contribution in [0.3, 0.4) is 0 Å². The van der Waals surface area contributed by atoms with Crippen molar-refractivity contribution < 1.29 is 27.5 Å². The summed E-state index contributed by atoms with van der Waals surface area (Å²) in [4.78, 5) is 17.6. The topological polar surface area (TPSA) is 119 Å². The molecule has 0 saturated heterocycles. The third kappa shape index (κ3) is 4.84. The first-order chi connectivity index (χ1) is 18.7. The summed E-state index contributed by atoms with van der Waals surface area (Å²) >= 11 is 0. The maximum absolute atomic E-state index is 13.0. The molecule has 0 unspecified atom stereocenters. The lowest BCUT2D eigenvalue weighted by atomic mass is 9.88. The molecular weight excluding hydrogens is 516 g/mol. The molecule has 6 rings (SSSR count). The Morgan fingerprint density at radius 2 is 1.79 bits per heavy atom. The molecule has 3 aromatic carbocycles. The highest BCUT2D eigenvalue weighted by molar-refractivity contribution is 7.91. The Kier molecular flexibility index (Phi) is 6.28. The van der Waals surface area contributed by atoms with E-state index in [4.69, 9.17) is 9.15 Å². The van der Waals surface area contributed by atoms with Crippen LogP contribution in [0.5, 0.6) is 5.75 Å². The molecule has 2 heterocycles. The van der Waals surface area contributed by atoms with Crippen LogP contribution in [0.15, 0.2) is 83.5 Å². The fourth-order valence-electron chi connectivity index (χ4n) is 4.84. The highest BCUT2D eigenvalue weighted by atomic mass is 32.2. The van der Waals surface area contributed by atoms with Crippen molar-refractivity contribution in [2.45, 2.75) is 37.0 Å². The Morgan fingerprint density at radius 3 is 2.56 bits per heavy atom. The number of rotatable bonds is 7. The van der Waals surface area contributed by atoms with Gasteiger partial charge in [0.25, 0.3) is 5.91 Å². The average Bonchev–Trinajstić information content (AvgIpc) is 3.55. The van der Waals surface area contributed by atoms with E-state index in [0.29, 0.717) is 47.6 Å². The number of benzene rings is 3. The minimum Gasteiger partial charge on any atom is -0.493 e. The summed E-state index contributed by atoms with van der Waals surface area (Å²) in [6.45, 7) is 1.92. The first-order valence-electron chi connectivity index (χ1n) is 12.8. The molecule has 2 N–H and O–H groups in total. The minimum absolute atomic E-state index is 0.218. The maximum atomic E-state index is 13.0. The second-order valence-corrected chi connectivity index (χ2v) is 12.6. The predicted molar refractivity (Wildman–Crippen MR) is 145 cm³/mol. The summed E-state index contributed by atoms with van der Waals surface area (Å²) in [5, 5.41) is 11.2. The van der Waals surface area contributed by atoms with E-state index < -0.39 is 26.8 Å². The van der Waals surface area contributed by atoms with Crippen molar-refractivity contribution in [3.63, 3.8) is 0 Å². The first-order valence-corrected chi connectivity index (χ1v) is 14.3. The van der Waals surface area contributed by atoms with Crippen LogP contribution in [-0.2, 0) is 16.4 Å². The first kappa shape index (κ1) is 25.3. The van der Waals surface area contributed by atoms with Crippen molar-refractivity contribution in [2.24, 2.45) is 5.92 Å². The molecular formula is C30H28N2O6S. The van der Waals surface area contributed by atoms with E-state index in [9.17, 15) is 18.3 Å². The number of aromatic nitrogens is 1. The van der Waals surface area contributed by atoms with Gasteiger partial charge in [0.15, 0.2) is 0 Å². The summed E-state index contributed by atoms with van der Waals surface area (Å²) < 4.78 is 38.3. The second-order valence-electron chi connectivity index (χ2n) is 10.4. The van der Waals surface area contributed by atoms with Crippen LogP contribution < -0.4 is 9.46 Å². The minimum atomic E-state index is -3.77. The molecule has 1 aliphatic heterocycles. The maximum Gasteiger partial charge on any atom is 0.265 e. The van der Waals surface area contributed by atoms with Crippen LogP contribution >= 0.6 is 0 Å². The van der Waals surface area contributed by atoms with Crippen LogP contribution in [0.1, 0.15) is 47.5 Å². The van der Waals surface area contributed by atoms with E-state index >= 15 is 0 Å². The third-order valence-electron chi connectivity index (χ3n) is 7.59. The quantitative estimate of drug-likeness (QED) is 0.340. The van der Waals surface area contributed by atoms with Crippen LogP contribution in [0.2, 0.25) is 0 Å². The summed E-state index contributed by atoms with van der Waals surface area (Å²) in [5.74, 6) is 0.169. The fraction of sp³-hybridized carbons (Fsp3) is 0.267. The summed E-state index contributed by atoms with van der Waals surface area (Å²) in [6.07, 6.45) is 2.39. The van der Waals surface area contributed by atoms with E-state index in [2.05, 4.69) is 9.71 Å². The highest BCUT2D eigenvalue weighted by Crippen LogP contribution is 2.43. The Morgan fingerprint density at radius 1 is 1.05 bits per heavy atom. The lowest BCUT2D eigenvalue weighted by Gasteiger charge is -2.30. The zero-order valence-corrected chi connectivity index (χ0v) is 22.1. The molecule has 2 atom stereocenters. The Balaban J connectivity index is 1.21. The number of nitrogens with one attached hydrogen (secondary N) is 1. The van der Waals surface area contributed by atoms with E-state index in [1.807, 2.05) is 30.3 Å². The van der Waals surface area contributed by atoms with Gasteiger partial charge < -0.3 is 14.3 Å². The number of oxazole rings is 1. The summed E-state index contributed by atoms with van der Waals surface area (Å²) in [6, 6.07) is 21.8. The summed E-state index contributed by atoms with van der Waals surface area (Å²) in [7, 11) is -3.77. The molecule has 1 fully saturated rings. The van der Waals surface area contributed by atoms with Gasteiger partial charge in [-0.25, -0.2) is 18.1 Å². The van der Waals surface area contributed by atoms with Gasteiger partial charge in [0, 0.05) is 29.0 Å². The zero-order valence-electron chi connectivity index (χ0n) is 21.3. The van der Waals surface area contributed by atoms with E-state index in [1.165, 1.54) is 0 Å². The van der Waals surface area contributed by atoms with Crippen molar-refractivity contribution in [3.8, 4) is 28.3 Å². The molecule has 2 aliphatic rings. The van der Waals surface area contributed by atoms with Crippen molar-refractivity contribution in [2.75, 3.05) is 6.61 Å². The van der Waals surface area contributed by atoms with Gasteiger partial charge in [-0.15, -0.1) is 0 Å². The van der Waals surface area contributed by atoms with Crippen LogP contribution in [0.25, 0.3) is 22.6 Å². The average molecular weight is 545 g/mol. The lowest BCUT2D eigenvalue weighted by molar-refractivity contribution is 0.0503. The van der Waals surface area contributed by atoms with Crippen LogP contribution in [0.4, 0.5) is 0 Å². The standard InChI is InChI=1S/C30H28N2O6S/c1-30(13-14-30)39(35,36)32-28(34)24-10-6-5-9-23(24)20-11-12-25-26(16-20)37-17-21(27(25)33)15-22-18-38-29(31-22)19-7-3-2-4-8-19/h2-12,16,18,21,27,33H,13-15,17H2,1H3,(H,32,34)/t21-,27+/m0/s1. The number of carbonyl (C=O) groups excluding carboxylic acids is 1. The number of aliphatic hydroxyl groups is 1. The molecule has 1 aromatic heterocycles. The number of amides is 1. The number of hydrogen-bond donors (Lipinski definition) is 2. The van der Waals surface area contributed by atoms with Crippen molar-refractivity contribution in [1.29, 1.82) is 0 Å². The van der Waals surface area contributed by atoms with Crippen LogP contribution in [-0.4, -0.2) is 35.8 Å². The zero-order chi connectivity index (χ0) is 27.2. The van der Waals surface area contributed by atoms with Gasteiger partial charge in [-0.2, -0.15) is 0 Å². The largest absolute Gasteiger partial charge is 0.493 e. The molecule has 1 aliphatic carbocycles. The van der Waals surface area contributed by atoms with Crippen molar-refractivity contribution in [3.05, 3.63) is 95.9 Å². The molecule has 39 heavy (non-hydrogen) atoms. The molecule has 0 spiro atoms. The van der Waals surface area contributed by atoms with Gasteiger partial charge in [-0.05, 0) is 55.2 Å². The number of hydrogen-bond acceptors (Lipinski definition) is 7. The van der Waals surface area contributed by atoms with Gasteiger partial charge in [-0.3, -0.25) is 4.79 Å². The molecule has 4 aromatic rings. The van der Waals surface area contributed by atoms with Crippen molar-refractivity contribution >= 4 is 15.9 Å². The van der Waals surface area contributed by atoms with E-state index in [0.717, 1.165) is 11.3 Å². The fourth-order valence-corrected chi connectivity index (χ4v) is 6.08. The Bertz CT molecular complexity index is 1640. The van der Waals surface area contributed by atoms with Gasteiger partial charge in [0.2, 0.25) is 15.9 Å². The number of nitrogens with zero attached hydrogens (tertiary/aromatic N) is 1. The number of sulfonamides is 1. The predicted octanol–water partition coefficient (Wildman–Crippen LogP) is 4.91. The van der Waals surface area contributed by atoms with Gasteiger partial charge in [0.05, 0.1) is 23.2 Å². The second kappa shape index (κ2) is 9.66. The van der Waals surface area contributed by atoms with Crippen LogP contribution in [0, 0.1) is 5.92 Å². The number of carbonyl (C=O) groups is 1. The number of ether oxygens (including phenoxy) is 1. The molecule has 200 valence electrons. The van der Waals surface area contributed by atoms with E-state index in [1.54, 1.807) is 55.7 Å². The Labute approximate surface area is 226 Å². The number of fused-ring (bicyclic) bond motifs is 1. The van der Waals surface area contributed by atoms with E-state index in [-0.39, 0.29) is 18.1 Å². The van der Waals surface area contributed by atoms with Gasteiger partial charge in [-0.1, -0.05) is 48.5 Å². The molecule has 9 heteroatoms. The lowest BCUT2D eigenvalue weighted by Crippen LogP contribution is -2.38. The highest BCUT2D eigenvalue weighted by Gasteiger charge is 2.51. The van der Waals surface area contributed by atoms with Crippen molar-refractivity contribution in [1.82, 2.24) is 9.71 Å². The monoisotopic (exact) mass is 544 g/mol. The Hall–Kier alpha value is -3.95. The smallest absolute Gasteiger partial charge is 0.265 e. The number of aliphatic hydroxyl groups excluding tert-OH is 1. The van der Waals surface area contributed by atoms with Gasteiger partial charge in [0.1, 0.15) is 12.0 Å². The third-order valence-corrected chi connectivity index (χ3v) is 9.75.